The van der Waals surface area contributed by atoms with Gasteiger partial charge in [-0.25, -0.2) is 0 Å². The van der Waals surface area contributed by atoms with Gasteiger partial charge in [-0.1, -0.05) is 6.92 Å². The van der Waals surface area contributed by atoms with Gasteiger partial charge in [0.05, 0.1) is 0 Å². The van der Waals surface area contributed by atoms with E-state index in [-0.39, 0.29) is 0 Å². The van der Waals surface area contributed by atoms with Crippen LogP contribution in [0, 0.1) is 5.92 Å². The highest BCUT2D eigenvalue weighted by Crippen LogP contribution is 2.24. The maximum atomic E-state index is 4.28. The van der Waals surface area contributed by atoms with Gasteiger partial charge < -0.3 is 4.57 Å². The third-order valence-corrected chi connectivity index (χ3v) is 3.12. The van der Waals surface area contributed by atoms with Gasteiger partial charge >= 0.3 is 0 Å². The third-order valence-electron chi connectivity index (χ3n) is 3.12. The van der Waals surface area contributed by atoms with Gasteiger partial charge in [-0.3, -0.25) is 4.98 Å². The van der Waals surface area contributed by atoms with Crippen molar-refractivity contribution in [1.29, 1.82) is 0 Å². The van der Waals surface area contributed by atoms with Crippen LogP contribution in [0.1, 0.15) is 19.2 Å². The third kappa shape index (κ3) is 1.50. The maximum Gasteiger partial charge on any atom is 0.165 e. The van der Waals surface area contributed by atoms with Crippen molar-refractivity contribution in [3.63, 3.8) is 0 Å². The Labute approximate surface area is 94.4 Å². The first kappa shape index (κ1) is 9.51. The first-order chi connectivity index (χ1) is 7.84. The first-order valence-corrected chi connectivity index (χ1v) is 5.67. The van der Waals surface area contributed by atoms with Crippen molar-refractivity contribution in [2.75, 3.05) is 0 Å². The Kier molecular flexibility index (Phi) is 2.20. The second kappa shape index (κ2) is 3.70. The Morgan fingerprint density at radius 2 is 2.31 bits per heavy atom. The van der Waals surface area contributed by atoms with Gasteiger partial charge in [0, 0.05) is 30.9 Å². The molecule has 0 fully saturated rings. The predicted octanol–water partition coefficient (Wildman–Crippen LogP) is 1.92. The van der Waals surface area contributed by atoms with Crippen molar-refractivity contribution in [2.45, 2.75) is 26.3 Å². The molecule has 0 aliphatic carbocycles. The van der Waals surface area contributed by atoms with Crippen molar-refractivity contribution in [3.8, 4) is 11.4 Å². The molecule has 82 valence electrons. The number of aromatic nitrogens is 4. The summed E-state index contributed by atoms with van der Waals surface area (Å²) >= 11 is 0. The molecule has 0 amide bonds. The first-order valence-electron chi connectivity index (χ1n) is 5.67. The molecule has 0 aromatic carbocycles. The van der Waals surface area contributed by atoms with Crippen molar-refractivity contribution in [2.24, 2.45) is 5.92 Å². The molecule has 1 atom stereocenters. The Hall–Kier alpha value is -1.71. The molecule has 2 aromatic rings. The molecule has 0 saturated carbocycles. The highest BCUT2D eigenvalue weighted by atomic mass is 15.3. The van der Waals surface area contributed by atoms with Crippen molar-refractivity contribution in [3.05, 3.63) is 30.4 Å². The highest BCUT2D eigenvalue weighted by Gasteiger charge is 2.20. The van der Waals surface area contributed by atoms with E-state index in [0.29, 0.717) is 0 Å². The average molecular weight is 214 g/mol. The number of nitrogens with zero attached hydrogens (tertiary/aromatic N) is 4. The van der Waals surface area contributed by atoms with Gasteiger partial charge in [0.1, 0.15) is 5.82 Å². The van der Waals surface area contributed by atoms with Gasteiger partial charge in [-0.05, 0) is 24.5 Å². The standard InChI is InChI=1S/C12H14N4/c1-9-4-6-16-11(7-9)14-15-12(16)10-3-2-5-13-8-10/h2-3,5,8-9H,4,6-7H2,1H3. The molecule has 4 nitrogen and oxygen atoms in total. The SMILES string of the molecule is CC1CCn2c(nnc2-c2cccnc2)C1. The fourth-order valence-corrected chi connectivity index (χ4v) is 2.19. The summed E-state index contributed by atoms with van der Waals surface area (Å²) in [7, 11) is 0. The van der Waals surface area contributed by atoms with E-state index < -0.39 is 0 Å². The molecule has 0 saturated heterocycles. The predicted molar refractivity (Wildman–Crippen MR) is 60.7 cm³/mol. The molecule has 3 rings (SSSR count). The van der Waals surface area contributed by atoms with E-state index in [0.717, 1.165) is 36.1 Å². The molecule has 0 spiro atoms. The van der Waals surface area contributed by atoms with Crippen LogP contribution in [-0.4, -0.2) is 19.7 Å². The lowest BCUT2D eigenvalue weighted by Gasteiger charge is -2.20. The van der Waals surface area contributed by atoms with Crippen LogP contribution in [0.4, 0.5) is 0 Å². The van der Waals surface area contributed by atoms with Crippen LogP contribution in [0.2, 0.25) is 0 Å². The van der Waals surface area contributed by atoms with Gasteiger partial charge in [0.25, 0.3) is 0 Å². The Bertz CT molecular complexity index is 489. The van der Waals surface area contributed by atoms with Crippen molar-refractivity contribution >= 4 is 0 Å². The van der Waals surface area contributed by atoms with Crippen LogP contribution < -0.4 is 0 Å². The molecule has 16 heavy (non-hydrogen) atoms. The van der Waals surface area contributed by atoms with E-state index in [2.05, 4.69) is 26.7 Å². The highest BCUT2D eigenvalue weighted by molar-refractivity contribution is 5.53. The lowest BCUT2D eigenvalue weighted by atomic mass is 10.0. The van der Waals surface area contributed by atoms with E-state index in [1.165, 1.54) is 6.42 Å². The van der Waals surface area contributed by atoms with Gasteiger partial charge in [-0.2, -0.15) is 0 Å². The van der Waals surface area contributed by atoms with E-state index in [1.807, 2.05) is 18.3 Å². The molecule has 1 aliphatic heterocycles. The molecule has 1 aliphatic rings. The number of hydrogen-bond donors (Lipinski definition) is 0. The Morgan fingerprint density at radius 1 is 1.38 bits per heavy atom. The lowest BCUT2D eigenvalue weighted by Crippen LogP contribution is -2.17. The normalized spacial score (nSPS) is 19.4. The van der Waals surface area contributed by atoms with Crippen LogP contribution in [-0.2, 0) is 13.0 Å². The molecular formula is C12H14N4. The van der Waals surface area contributed by atoms with E-state index in [1.54, 1.807) is 6.20 Å². The van der Waals surface area contributed by atoms with Crippen LogP contribution in [0.5, 0.6) is 0 Å². The van der Waals surface area contributed by atoms with Crippen molar-refractivity contribution < 1.29 is 0 Å². The number of rotatable bonds is 1. The van der Waals surface area contributed by atoms with E-state index >= 15 is 0 Å². The second-order valence-electron chi connectivity index (χ2n) is 4.43. The monoisotopic (exact) mass is 214 g/mol. The smallest absolute Gasteiger partial charge is 0.165 e. The molecule has 1 unspecified atom stereocenters. The summed E-state index contributed by atoms with van der Waals surface area (Å²) in [6.07, 6.45) is 5.86. The molecule has 4 heteroatoms. The van der Waals surface area contributed by atoms with Crippen LogP contribution in [0.15, 0.2) is 24.5 Å². The average Bonchev–Trinajstić information content (AvgIpc) is 2.73. The number of pyridine rings is 1. The summed E-state index contributed by atoms with van der Waals surface area (Å²) in [4.78, 5) is 4.12. The van der Waals surface area contributed by atoms with Gasteiger partial charge in [0.2, 0.25) is 0 Å². The minimum atomic E-state index is 0.721. The zero-order valence-electron chi connectivity index (χ0n) is 9.30. The summed E-state index contributed by atoms with van der Waals surface area (Å²) < 4.78 is 2.22. The minimum Gasteiger partial charge on any atom is -0.311 e. The fourth-order valence-electron chi connectivity index (χ4n) is 2.19. The van der Waals surface area contributed by atoms with E-state index in [9.17, 15) is 0 Å². The van der Waals surface area contributed by atoms with Crippen molar-refractivity contribution in [1.82, 2.24) is 19.7 Å². The summed E-state index contributed by atoms with van der Waals surface area (Å²) in [5.74, 6) is 2.78. The molecule has 3 heterocycles. The zero-order chi connectivity index (χ0) is 11.0. The summed E-state index contributed by atoms with van der Waals surface area (Å²) in [6, 6.07) is 3.96. The lowest BCUT2D eigenvalue weighted by molar-refractivity contribution is 0.411. The fraction of sp³-hybridized carbons (Fsp3) is 0.417. The van der Waals surface area contributed by atoms with Crippen LogP contribution >= 0.6 is 0 Å². The van der Waals surface area contributed by atoms with Crippen LogP contribution in [0.25, 0.3) is 11.4 Å². The summed E-state index contributed by atoms with van der Waals surface area (Å²) in [5, 5.41) is 8.54. The summed E-state index contributed by atoms with van der Waals surface area (Å²) in [5.41, 5.74) is 1.05. The maximum absolute atomic E-state index is 4.28. The Morgan fingerprint density at radius 3 is 3.12 bits per heavy atom. The molecule has 2 aromatic heterocycles. The molecule has 0 N–H and O–H groups in total. The summed E-state index contributed by atoms with van der Waals surface area (Å²) in [6.45, 7) is 3.29. The Balaban J connectivity index is 2.04. The number of fused-ring (bicyclic) bond motifs is 1. The molecule has 0 radical (unpaired) electrons. The molecular weight excluding hydrogens is 200 g/mol. The second-order valence-corrected chi connectivity index (χ2v) is 4.43. The van der Waals surface area contributed by atoms with E-state index in [4.69, 9.17) is 0 Å². The zero-order valence-corrected chi connectivity index (χ0v) is 9.30. The largest absolute Gasteiger partial charge is 0.311 e. The molecule has 0 bridgehead atoms. The van der Waals surface area contributed by atoms with Gasteiger partial charge in [0.15, 0.2) is 5.82 Å². The minimum absolute atomic E-state index is 0.721. The number of hydrogen-bond acceptors (Lipinski definition) is 3. The topological polar surface area (TPSA) is 43.6 Å². The quantitative estimate of drug-likeness (QED) is 0.728. The van der Waals surface area contributed by atoms with Crippen LogP contribution in [0.3, 0.4) is 0 Å². The van der Waals surface area contributed by atoms with Gasteiger partial charge in [-0.15, -0.1) is 10.2 Å².